The highest BCUT2D eigenvalue weighted by Crippen LogP contribution is 2.11. The van der Waals surface area contributed by atoms with Crippen LogP contribution in [-0.2, 0) is 11.3 Å². The Labute approximate surface area is 104 Å². The van der Waals surface area contributed by atoms with E-state index in [4.69, 9.17) is 5.26 Å². The molecule has 94 valence electrons. The first-order valence-corrected chi connectivity index (χ1v) is 5.49. The lowest BCUT2D eigenvalue weighted by molar-refractivity contribution is -0.384. The predicted octanol–water partition coefficient (Wildman–Crippen LogP) is 1.76. The number of nitro benzene ring substituents is 1. The van der Waals surface area contributed by atoms with Gasteiger partial charge in [-0.2, -0.15) is 5.26 Å². The van der Waals surface area contributed by atoms with E-state index in [0.717, 1.165) is 5.56 Å². The lowest BCUT2D eigenvalue weighted by Crippen LogP contribution is -2.29. The van der Waals surface area contributed by atoms with Gasteiger partial charge in [0.25, 0.3) is 5.69 Å². The summed E-state index contributed by atoms with van der Waals surface area (Å²) in [5.41, 5.74) is 0.760. The Hall–Kier alpha value is -2.42. The predicted molar refractivity (Wildman–Crippen MR) is 64.3 cm³/mol. The minimum Gasteiger partial charge on any atom is -0.351 e. The summed E-state index contributed by atoms with van der Waals surface area (Å²) < 4.78 is 0. The number of nitriles is 1. The molecule has 6 nitrogen and oxygen atoms in total. The summed E-state index contributed by atoms with van der Waals surface area (Å²) in [5.74, 6) is -0.971. The van der Waals surface area contributed by atoms with Crippen LogP contribution in [0.1, 0.15) is 18.9 Å². The lowest BCUT2D eigenvalue weighted by atomic mass is 10.1. The number of non-ortho nitro benzene ring substituents is 1. The quantitative estimate of drug-likeness (QED) is 0.633. The lowest BCUT2D eigenvalue weighted by Gasteiger charge is -2.07. The van der Waals surface area contributed by atoms with Crippen molar-refractivity contribution in [1.82, 2.24) is 5.32 Å². The van der Waals surface area contributed by atoms with Gasteiger partial charge in [0.1, 0.15) is 5.92 Å². The van der Waals surface area contributed by atoms with Crippen LogP contribution in [0.25, 0.3) is 0 Å². The Morgan fingerprint density at radius 2 is 2.11 bits per heavy atom. The van der Waals surface area contributed by atoms with Gasteiger partial charge in [-0.05, 0) is 12.0 Å². The van der Waals surface area contributed by atoms with Gasteiger partial charge in [-0.3, -0.25) is 14.9 Å². The van der Waals surface area contributed by atoms with Crippen LogP contribution < -0.4 is 5.32 Å². The molecule has 0 heterocycles. The Morgan fingerprint density at radius 1 is 1.50 bits per heavy atom. The molecular weight excluding hydrogens is 234 g/mol. The highest BCUT2D eigenvalue weighted by atomic mass is 16.6. The number of nitrogens with one attached hydrogen (secondary N) is 1. The van der Waals surface area contributed by atoms with Crippen molar-refractivity contribution >= 4 is 11.6 Å². The molecule has 0 spiro atoms. The second kappa shape index (κ2) is 6.35. The third-order valence-electron chi connectivity index (χ3n) is 2.49. The fourth-order valence-electron chi connectivity index (χ4n) is 1.38. The number of hydrogen-bond acceptors (Lipinski definition) is 4. The zero-order chi connectivity index (χ0) is 13.5. The Bertz CT molecular complexity index is 476. The number of carbonyl (C=O) groups is 1. The third-order valence-corrected chi connectivity index (χ3v) is 2.49. The molecule has 0 bridgehead atoms. The zero-order valence-electron chi connectivity index (χ0n) is 9.92. The molecule has 6 heteroatoms. The average Bonchev–Trinajstić information content (AvgIpc) is 2.38. The molecule has 0 saturated heterocycles. The van der Waals surface area contributed by atoms with Crippen LogP contribution in [0.2, 0.25) is 0 Å². The van der Waals surface area contributed by atoms with Crippen molar-refractivity contribution in [2.75, 3.05) is 0 Å². The molecule has 1 aromatic rings. The van der Waals surface area contributed by atoms with Gasteiger partial charge in [-0.15, -0.1) is 0 Å². The Balaban J connectivity index is 2.57. The van der Waals surface area contributed by atoms with Crippen LogP contribution >= 0.6 is 0 Å². The molecule has 1 N–H and O–H groups in total. The van der Waals surface area contributed by atoms with E-state index in [1.165, 1.54) is 12.1 Å². The zero-order valence-corrected chi connectivity index (χ0v) is 9.92. The van der Waals surface area contributed by atoms with E-state index in [1.54, 1.807) is 19.1 Å². The molecule has 0 aliphatic rings. The molecule has 1 aromatic carbocycles. The number of amides is 1. The van der Waals surface area contributed by atoms with Gasteiger partial charge in [0, 0.05) is 18.7 Å². The highest BCUT2D eigenvalue weighted by Gasteiger charge is 2.14. The number of carbonyl (C=O) groups excluding carboxylic acids is 1. The normalized spacial score (nSPS) is 11.3. The van der Waals surface area contributed by atoms with Gasteiger partial charge in [0.15, 0.2) is 0 Å². The van der Waals surface area contributed by atoms with E-state index in [-0.39, 0.29) is 18.1 Å². The van der Waals surface area contributed by atoms with Crippen LogP contribution in [0.4, 0.5) is 5.69 Å². The van der Waals surface area contributed by atoms with Crippen molar-refractivity contribution in [2.24, 2.45) is 5.92 Å². The molecular formula is C12H13N3O3. The smallest absolute Gasteiger partial charge is 0.269 e. The summed E-state index contributed by atoms with van der Waals surface area (Å²) in [5, 5.41) is 21.8. The van der Waals surface area contributed by atoms with Crippen molar-refractivity contribution in [3.8, 4) is 6.07 Å². The largest absolute Gasteiger partial charge is 0.351 e. The highest BCUT2D eigenvalue weighted by molar-refractivity contribution is 5.80. The van der Waals surface area contributed by atoms with Gasteiger partial charge in [-0.25, -0.2) is 0 Å². The maximum Gasteiger partial charge on any atom is 0.269 e. The maximum atomic E-state index is 11.5. The summed E-state index contributed by atoms with van der Waals surface area (Å²) in [6, 6.07) is 7.82. The molecule has 0 fully saturated rings. The van der Waals surface area contributed by atoms with E-state index >= 15 is 0 Å². The summed E-state index contributed by atoms with van der Waals surface area (Å²) in [6.45, 7) is 2.02. The van der Waals surface area contributed by atoms with E-state index in [0.29, 0.717) is 6.42 Å². The van der Waals surface area contributed by atoms with Gasteiger partial charge in [-0.1, -0.05) is 19.1 Å². The van der Waals surface area contributed by atoms with E-state index in [9.17, 15) is 14.9 Å². The first-order valence-electron chi connectivity index (χ1n) is 5.49. The number of rotatable bonds is 5. The molecule has 0 aromatic heterocycles. The number of hydrogen-bond donors (Lipinski definition) is 1. The maximum absolute atomic E-state index is 11.5. The fraction of sp³-hybridized carbons (Fsp3) is 0.333. The van der Waals surface area contributed by atoms with Crippen molar-refractivity contribution in [2.45, 2.75) is 19.9 Å². The van der Waals surface area contributed by atoms with Crippen LogP contribution in [0, 0.1) is 27.4 Å². The molecule has 1 unspecified atom stereocenters. The number of nitrogens with zero attached hydrogens (tertiary/aromatic N) is 2. The Kier molecular flexibility index (Phi) is 4.81. The third kappa shape index (κ3) is 3.56. The molecule has 1 rings (SSSR count). The number of benzene rings is 1. The first-order chi connectivity index (χ1) is 8.58. The van der Waals surface area contributed by atoms with Gasteiger partial charge >= 0.3 is 0 Å². The second-order valence-corrected chi connectivity index (χ2v) is 3.73. The summed E-state index contributed by atoms with van der Waals surface area (Å²) in [7, 11) is 0. The standard InChI is InChI=1S/C12H13N3O3/c1-2-10(7-13)12(16)14-8-9-3-5-11(6-4-9)15(17)18/h3-6,10H,2,8H2,1H3,(H,14,16). The molecule has 18 heavy (non-hydrogen) atoms. The van der Waals surface area contributed by atoms with Crippen LogP contribution in [0.15, 0.2) is 24.3 Å². The minimum atomic E-state index is -0.650. The molecule has 1 atom stereocenters. The summed E-state index contributed by atoms with van der Waals surface area (Å²) in [4.78, 5) is 21.5. The fourth-order valence-corrected chi connectivity index (χ4v) is 1.38. The van der Waals surface area contributed by atoms with Gasteiger partial charge in [0.05, 0.1) is 11.0 Å². The SMILES string of the molecule is CCC(C#N)C(=O)NCc1ccc([N+](=O)[O-])cc1. The van der Waals surface area contributed by atoms with Gasteiger partial charge < -0.3 is 5.32 Å². The molecule has 1 amide bonds. The first kappa shape index (κ1) is 13.6. The molecule has 0 saturated carbocycles. The van der Waals surface area contributed by atoms with Crippen molar-refractivity contribution in [1.29, 1.82) is 5.26 Å². The molecule has 0 radical (unpaired) electrons. The monoisotopic (exact) mass is 247 g/mol. The Morgan fingerprint density at radius 3 is 2.56 bits per heavy atom. The van der Waals surface area contributed by atoms with Crippen LogP contribution in [-0.4, -0.2) is 10.8 Å². The van der Waals surface area contributed by atoms with Crippen molar-refractivity contribution in [3.05, 3.63) is 39.9 Å². The summed E-state index contributed by atoms with van der Waals surface area (Å²) in [6.07, 6.45) is 0.461. The van der Waals surface area contributed by atoms with Crippen molar-refractivity contribution in [3.63, 3.8) is 0 Å². The average molecular weight is 247 g/mol. The topological polar surface area (TPSA) is 96.0 Å². The van der Waals surface area contributed by atoms with E-state index < -0.39 is 10.8 Å². The molecule has 0 aliphatic heterocycles. The van der Waals surface area contributed by atoms with Gasteiger partial charge in [0.2, 0.25) is 5.91 Å². The minimum absolute atomic E-state index is 0.00790. The van der Waals surface area contributed by atoms with Crippen LogP contribution in [0.5, 0.6) is 0 Å². The molecule has 0 aliphatic carbocycles. The van der Waals surface area contributed by atoms with Crippen molar-refractivity contribution < 1.29 is 9.72 Å². The number of nitro groups is 1. The summed E-state index contributed by atoms with van der Waals surface area (Å²) >= 11 is 0. The van der Waals surface area contributed by atoms with E-state index in [1.807, 2.05) is 6.07 Å². The van der Waals surface area contributed by atoms with Crippen LogP contribution in [0.3, 0.4) is 0 Å². The van der Waals surface area contributed by atoms with E-state index in [2.05, 4.69) is 5.32 Å². The second-order valence-electron chi connectivity index (χ2n) is 3.73.